The largest absolute Gasteiger partial charge is 0.395 e. The van der Waals surface area contributed by atoms with Gasteiger partial charge in [-0.25, -0.2) is 4.98 Å². The van der Waals surface area contributed by atoms with Crippen molar-refractivity contribution in [2.45, 2.75) is 39.2 Å². The van der Waals surface area contributed by atoms with Gasteiger partial charge in [0.25, 0.3) is 5.91 Å². The summed E-state index contributed by atoms with van der Waals surface area (Å²) in [4.78, 5) is 18.8. The summed E-state index contributed by atoms with van der Waals surface area (Å²) in [6.07, 6.45) is 4.10. The third kappa shape index (κ3) is 3.83. The number of carbonyl (C=O) groups is 1. The zero-order valence-electron chi connectivity index (χ0n) is 12.7. The Kier molecular flexibility index (Phi) is 5.35. The van der Waals surface area contributed by atoms with Gasteiger partial charge in [0.15, 0.2) is 0 Å². The number of piperidine rings is 1. The second-order valence-electron chi connectivity index (χ2n) is 5.65. The number of nitrogens with zero attached hydrogens (tertiary/aromatic N) is 2. The number of hydrogen-bond acceptors (Lipinski definition) is 3. The van der Waals surface area contributed by atoms with Gasteiger partial charge in [-0.2, -0.15) is 0 Å². The van der Waals surface area contributed by atoms with Crippen molar-refractivity contribution in [2.75, 3.05) is 13.2 Å². The molecule has 1 aromatic heterocycles. The van der Waals surface area contributed by atoms with Crippen molar-refractivity contribution in [1.82, 2.24) is 9.88 Å². The Morgan fingerprint density at radius 2 is 2.33 bits per heavy atom. The van der Waals surface area contributed by atoms with Gasteiger partial charge in [-0.3, -0.25) is 4.79 Å². The van der Waals surface area contributed by atoms with Gasteiger partial charge >= 0.3 is 0 Å². The third-order valence-corrected chi connectivity index (χ3v) is 3.87. The first-order chi connectivity index (χ1) is 10.1. The molecule has 1 fully saturated rings. The SMILES string of the molecule is CC1CCN(C(=O)c2ncccc2C#CCCO)C(C)C1. The number of likely N-dealkylation sites (tertiary alicyclic amines) is 1. The van der Waals surface area contributed by atoms with Gasteiger partial charge in [-0.1, -0.05) is 18.8 Å². The third-order valence-electron chi connectivity index (χ3n) is 3.87. The lowest BCUT2D eigenvalue weighted by Crippen LogP contribution is -2.44. The second kappa shape index (κ2) is 7.24. The fourth-order valence-electron chi connectivity index (χ4n) is 2.74. The average Bonchev–Trinajstić information content (AvgIpc) is 2.47. The highest BCUT2D eigenvalue weighted by molar-refractivity contribution is 5.95. The maximum absolute atomic E-state index is 12.7. The van der Waals surface area contributed by atoms with E-state index in [0.29, 0.717) is 23.6 Å². The molecular formula is C17H22N2O2. The zero-order valence-corrected chi connectivity index (χ0v) is 12.7. The summed E-state index contributed by atoms with van der Waals surface area (Å²) in [7, 11) is 0. The molecule has 112 valence electrons. The first kappa shape index (κ1) is 15.5. The molecule has 1 amide bonds. The van der Waals surface area contributed by atoms with E-state index in [1.54, 1.807) is 12.3 Å². The molecule has 2 unspecified atom stereocenters. The first-order valence-corrected chi connectivity index (χ1v) is 7.49. The van der Waals surface area contributed by atoms with Crippen LogP contribution in [-0.4, -0.2) is 40.1 Å². The standard InChI is InChI=1S/C17H22N2O2/c1-13-8-10-19(14(2)12-13)17(21)16-15(6-3-4-11-20)7-5-9-18-16/h5,7,9,13-14,20H,4,8,10-12H2,1-2H3. The van der Waals surface area contributed by atoms with Gasteiger partial charge in [-0.05, 0) is 37.8 Å². The summed E-state index contributed by atoms with van der Waals surface area (Å²) in [5.74, 6) is 6.42. The molecule has 4 nitrogen and oxygen atoms in total. The predicted octanol–water partition coefficient (Wildman–Crippen LogP) is 2.08. The topological polar surface area (TPSA) is 53.4 Å². The Morgan fingerprint density at radius 1 is 1.52 bits per heavy atom. The molecule has 1 aromatic rings. The number of hydrogen-bond donors (Lipinski definition) is 1. The van der Waals surface area contributed by atoms with Crippen LogP contribution in [0.25, 0.3) is 0 Å². The lowest BCUT2D eigenvalue weighted by atomic mass is 9.93. The molecule has 2 heterocycles. The van der Waals surface area contributed by atoms with Crippen LogP contribution >= 0.6 is 0 Å². The van der Waals surface area contributed by atoms with E-state index in [4.69, 9.17) is 5.11 Å². The molecule has 1 aliphatic rings. The number of aliphatic hydroxyl groups is 1. The lowest BCUT2D eigenvalue weighted by molar-refractivity contribution is 0.0582. The van der Waals surface area contributed by atoms with Crippen LogP contribution in [0.3, 0.4) is 0 Å². The molecular weight excluding hydrogens is 264 g/mol. The van der Waals surface area contributed by atoms with Crippen molar-refractivity contribution in [2.24, 2.45) is 5.92 Å². The van der Waals surface area contributed by atoms with E-state index in [1.165, 1.54) is 0 Å². The predicted molar refractivity (Wildman–Crippen MR) is 81.7 cm³/mol. The number of carbonyl (C=O) groups excluding carboxylic acids is 1. The molecule has 2 rings (SSSR count). The summed E-state index contributed by atoms with van der Waals surface area (Å²) in [6, 6.07) is 3.82. The number of aliphatic hydroxyl groups excluding tert-OH is 1. The minimum Gasteiger partial charge on any atom is -0.395 e. The van der Waals surface area contributed by atoms with Crippen molar-refractivity contribution < 1.29 is 9.90 Å². The molecule has 0 bridgehead atoms. The molecule has 4 heteroatoms. The smallest absolute Gasteiger partial charge is 0.273 e. The van der Waals surface area contributed by atoms with Crippen LogP contribution in [0.2, 0.25) is 0 Å². The fraction of sp³-hybridized carbons (Fsp3) is 0.529. The highest BCUT2D eigenvalue weighted by Crippen LogP contribution is 2.24. The monoisotopic (exact) mass is 286 g/mol. The van der Waals surface area contributed by atoms with Crippen LogP contribution in [0.15, 0.2) is 18.3 Å². The summed E-state index contributed by atoms with van der Waals surface area (Å²) in [5, 5.41) is 8.79. The van der Waals surface area contributed by atoms with E-state index in [9.17, 15) is 4.79 Å². The fourth-order valence-corrected chi connectivity index (χ4v) is 2.74. The molecule has 0 radical (unpaired) electrons. The Morgan fingerprint density at radius 3 is 3.05 bits per heavy atom. The molecule has 0 aromatic carbocycles. The Hall–Kier alpha value is -1.86. The number of rotatable bonds is 2. The second-order valence-corrected chi connectivity index (χ2v) is 5.65. The van der Waals surface area contributed by atoms with Gasteiger partial charge in [0, 0.05) is 25.2 Å². The summed E-state index contributed by atoms with van der Waals surface area (Å²) >= 11 is 0. The van der Waals surface area contributed by atoms with Crippen molar-refractivity contribution in [1.29, 1.82) is 0 Å². The number of aromatic nitrogens is 1. The number of amides is 1. The van der Waals surface area contributed by atoms with E-state index in [2.05, 4.69) is 30.7 Å². The summed E-state index contributed by atoms with van der Waals surface area (Å²) in [5.41, 5.74) is 1.06. The van der Waals surface area contributed by atoms with Gasteiger partial charge in [0.05, 0.1) is 12.2 Å². The molecule has 1 N–H and O–H groups in total. The van der Waals surface area contributed by atoms with Crippen LogP contribution in [-0.2, 0) is 0 Å². The Balaban J connectivity index is 2.21. The van der Waals surface area contributed by atoms with E-state index in [-0.39, 0.29) is 18.6 Å². The van der Waals surface area contributed by atoms with E-state index < -0.39 is 0 Å². The van der Waals surface area contributed by atoms with E-state index in [1.807, 2.05) is 11.0 Å². The van der Waals surface area contributed by atoms with Crippen LogP contribution in [0.4, 0.5) is 0 Å². The molecule has 1 aliphatic heterocycles. The van der Waals surface area contributed by atoms with E-state index in [0.717, 1.165) is 19.4 Å². The summed E-state index contributed by atoms with van der Waals surface area (Å²) < 4.78 is 0. The van der Waals surface area contributed by atoms with Crippen LogP contribution < -0.4 is 0 Å². The van der Waals surface area contributed by atoms with Gasteiger partial charge in [-0.15, -0.1) is 0 Å². The van der Waals surface area contributed by atoms with Crippen molar-refractivity contribution >= 4 is 5.91 Å². The minimum absolute atomic E-state index is 0.0254. The molecule has 0 saturated carbocycles. The average molecular weight is 286 g/mol. The molecule has 0 aliphatic carbocycles. The Labute approximate surface area is 126 Å². The molecule has 21 heavy (non-hydrogen) atoms. The molecule has 2 atom stereocenters. The normalized spacial score (nSPS) is 21.6. The van der Waals surface area contributed by atoms with Gasteiger partial charge < -0.3 is 10.0 Å². The van der Waals surface area contributed by atoms with Crippen molar-refractivity contribution in [3.63, 3.8) is 0 Å². The van der Waals surface area contributed by atoms with Crippen LogP contribution in [0, 0.1) is 17.8 Å². The van der Waals surface area contributed by atoms with E-state index >= 15 is 0 Å². The maximum atomic E-state index is 12.7. The first-order valence-electron chi connectivity index (χ1n) is 7.49. The van der Waals surface area contributed by atoms with Crippen molar-refractivity contribution in [3.05, 3.63) is 29.6 Å². The van der Waals surface area contributed by atoms with Gasteiger partial charge in [0.2, 0.25) is 0 Å². The highest BCUT2D eigenvalue weighted by Gasteiger charge is 2.29. The maximum Gasteiger partial charge on any atom is 0.273 e. The van der Waals surface area contributed by atoms with Crippen molar-refractivity contribution in [3.8, 4) is 11.8 Å². The zero-order chi connectivity index (χ0) is 15.2. The minimum atomic E-state index is -0.0386. The molecule has 0 spiro atoms. The quantitative estimate of drug-likeness (QED) is 0.847. The summed E-state index contributed by atoms with van der Waals surface area (Å²) in [6.45, 7) is 5.12. The van der Waals surface area contributed by atoms with Crippen LogP contribution in [0.1, 0.15) is 49.2 Å². The van der Waals surface area contributed by atoms with Crippen LogP contribution in [0.5, 0.6) is 0 Å². The number of pyridine rings is 1. The molecule has 1 saturated heterocycles. The van der Waals surface area contributed by atoms with Gasteiger partial charge in [0.1, 0.15) is 5.69 Å². The Bertz CT molecular complexity index is 559. The highest BCUT2D eigenvalue weighted by atomic mass is 16.2. The lowest BCUT2D eigenvalue weighted by Gasteiger charge is -2.36.